The van der Waals surface area contributed by atoms with Gasteiger partial charge in [-0.25, -0.2) is 0 Å². The Labute approximate surface area is 116 Å². The second-order valence-electron chi connectivity index (χ2n) is 5.19. The van der Waals surface area contributed by atoms with Crippen LogP contribution in [-0.4, -0.2) is 25.0 Å². The standard InChI is InChI=1S/C15H25ClN2/c1-13(8-9-17)5-4-10-18(2)12-14-6-3-7-15(16)11-14/h3,6-7,11,13H,4-5,8-10,12,17H2,1-2H3. The summed E-state index contributed by atoms with van der Waals surface area (Å²) in [6.07, 6.45) is 3.63. The highest BCUT2D eigenvalue weighted by molar-refractivity contribution is 6.30. The van der Waals surface area contributed by atoms with Crippen molar-refractivity contribution in [3.05, 3.63) is 34.9 Å². The van der Waals surface area contributed by atoms with Gasteiger partial charge in [-0.15, -0.1) is 0 Å². The molecule has 0 spiro atoms. The predicted octanol–water partition coefficient (Wildman–Crippen LogP) is 3.54. The number of benzene rings is 1. The minimum absolute atomic E-state index is 0.745. The molecule has 1 aromatic carbocycles. The fraction of sp³-hybridized carbons (Fsp3) is 0.600. The Hall–Kier alpha value is -0.570. The van der Waals surface area contributed by atoms with E-state index in [1.54, 1.807) is 0 Å². The van der Waals surface area contributed by atoms with Gasteiger partial charge in [0.05, 0.1) is 0 Å². The van der Waals surface area contributed by atoms with E-state index in [1.807, 2.05) is 18.2 Å². The van der Waals surface area contributed by atoms with Gasteiger partial charge in [0.15, 0.2) is 0 Å². The fourth-order valence-corrected chi connectivity index (χ4v) is 2.38. The first kappa shape index (κ1) is 15.5. The molecule has 0 fully saturated rings. The summed E-state index contributed by atoms with van der Waals surface area (Å²) in [5, 5.41) is 0.817. The van der Waals surface area contributed by atoms with Crippen molar-refractivity contribution >= 4 is 11.6 Å². The molecule has 0 saturated carbocycles. The van der Waals surface area contributed by atoms with E-state index in [-0.39, 0.29) is 0 Å². The minimum Gasteiger partial charge on any atom is -0.330 e. The quantitative estimate of drug-likeness (QED) is 0.781. The molecule has 2 nitrogen and oxygen atoms in total. The lowest BCUT2D eigenvalue weighted by Crippen LogP contribution is -2.19. The summed E-state index contributed by atoms with van der Waals surface area (Å²) < 4.78 is 0. The van der Waals surface area contributed by atoms with Crippen molar-refractivity contribution in [2.24, 2.45) is 11.7 Å². The summed E-state index contributed by atoms with van der Waals surface area (Å²) >= 11 is 5.98. The van der Waals surface area contributed by atoms with Gasteiger partial charge in [0.1, 0.15) is 0 Å². The average molecular weight is 269 g/mol. The topological polar surface area (TPSA) is 29.3 Å². The van der Waals surface area contributed by atoms with Crippen LogP contribution in [0.15, 0.2) is 24.3 Å². The Bertz CT molecular complexity index is 341. The van der Waals surface area contributed by atoms with Gasteiger partial charge in [-0.1, -0.05) is 30.7 Å². The highest BCUT2D eigenvalue weighted by Gasteiger charge is 2.04. The van der Waals surface area contributed by atoms with E-state index in [0.29, 0.717) is 0 Å². The normalized spacial score (nSPS) is 12.9. The van der Waals surface area contributed by atoms with Crippen molar-refractivity contribution in [3.8, 4) is 0 Å². The SMILES string of the molecule is CC(CCN)CCCN(C)Cc1cccc(Cl)c1. The third-order valence-corrected chi connectivity index (χ3v) is 3.47. The second kappa shape index (κ2) is 8.52. The third kappa shape index (κ3) is 6.39. The zero-order chi connectivity index (χ0) is 13.4. The first-order valence-electron chi connectivity index (χ1n) is 6.75. The molecular formula is C15H25ClN2. The average Bonchev–Trinajstić information content (AvgIpc) is 2.29. The van der Waals surface area contributed by atoms with Gasteiger partial charge < -0.3 is 10.6 Å². The van der Waals surface area contributed by atoms with Gasteiger partial charge in [-0.3, -0.25) is 0 Å². The number of nitrogens with zero attached hydrogens (tertiary/aromatic N) is 1. The predicted molar refractivity (Wildman–Crippen MR) is 79.9 cm³/mol. The summed E-state index contributed by atoms with van der Waals surface area (Å²) in [5.41, 5.74) is 6.83. The van der Waals surface area contributed by atoms with Crippen LogP contribution in [0.3, 0.4) is 0 Å². The maximum absolute atomic E-state index is 5.98. The molecule has 2 N–H and O–H groups in total. The van der Waals surface area contributed by atoms with Crippen LogP contribution in [0.2, 0.25) is 5.02 Å². The molecule has 0 aliphatic carbocycles. The Morgan fingerprint density at radius 3 is 2.78 bits per heavy atom. The Balaban J connectivity index is 2.23. The lowest BCUT2D eigenvalue weighted by molar-refractivity contribution is 0.306. The summed E-state index contributed by atoms with van der Waals surface area (Å²) in [6, 6.07) is 8.09. The minimum atomic E-state index is 0.745. The van der Waals surface area contributed by atoms with Crippen molar-refractivity contribution in [1.82, 2.24) is 4.90 Å². The van der Waals surface area contributed by atoms with Gasteiger partial charge in [-0.05, 0) is 63.0 Å². The van der Waals surface area contributed by atoms with Gasteiger partial charge in [0, 0.05) is 11.6 Å². The number of rotatable bonds is 8. The molecule has 102 valence electrons. The molecular weight excluding hydrogens is 244 g/mol. The van der Waals surface area contributed by atoms with Crippen LogP contribution in [0.1, 0.15) is 31.7 Å². The molecule has 0 bridgehead atoms. The molecule has 1 atom stereocenters. The molecule has 18 heavy (non-hydrogen) atoms. The molecule has 1 rings (SSSR count). The number of hydrogen-bond acceptors (Lipinski definition) is 2. The van der Waals surface area contributed by atoms with E-state index in [0.717, 1.165) is 37.0 Å². The van der Waals surface area contributed by atoms with Crippen LogP contribution in [0, 0.1) is 5.92 Å². The van der Waals surface area contributed by atoms with Crippen LogP contribution in [0.5, 0.6) is 0 Å². The Kier molecular flexibility index (Phi) is 7.33. The van der Waals surface area contributed by atoms with Crippen molar-refractivity contribution in [2.75, 3.05) is 20.1 Å². The van der Waals surface area contributed by atoms with Crippen LogP contribution in [0.4, 0.5) is 0 Å². The Morgan fingerprint density at radius 1 is 1.33 bits per heavy atom. The summed E-state index contributed by atoms with van der Waals surface area (Å²) in [7, 11) is 2.16. The lowest BCUT2D eigenvalue weighted by atomic mass is 10.0. The Morgan fingerprint density at radius 2 is 2.11 bits per heavy atom. The monoisotopic (exact) mass is 268 g/mol. The van der Waals surface area contributed by atoms with Crippen LogP contribution >= 0.6 is 11.6 Å². The van der Waals surface area contributed by atoms with Gasteiger partial charge in [0.2, 0.25) is 0 Å². The van der Waals surface area contributed by atoms with Crippen molar-refractivity contribution in [1.29, 1.82) is 0 Å². The third-order valence-electron chi connectivity index (χ3n) is 3.24. The maximum Gasteiger partial charge on any atom is 0.0409 e. The van der Waals surface area contributed by atoms with Crippen LogP contribution in [-0.2, 0) is 6.54 Å². The molecule has 0 radical (unpaired) electrons. The maximum atomic E-state index is 5.98. The first-order valence-corrected chi connectivity index (χ1v) is 7.12. The molecule has 1 aromatic rings. The van der Waals surface area contributed by atoms with E-state index >= 15 is 0 Å². The second-order valence-corrected chi connectivity index (χ2v) is 5.63. The van der Waals surface area contributed by atoms with E-state index < -0.39 is 0 Å². The van der Waals surface area contributed by atoms with Gasteiger partial charge >= 0.3 is 0 Å². The molecule has 0 amide bonds. The zero-order valence-electron chi connectivity index (χ0n) is 11.5. The molecule has 3 heteroatoms. The lowest BCUT2D eigenvalue weighted by Gasteiger charge is -2.18. The molecule has 1 unspecified atom stereocenters. The van der Waals surface area contributed by atoms with E-state index in [9.17, 15) is 0 Å². The summed E-state index contributed by atoms with van der Waals surface area (Å²) in [6.45, 7) is 5.18. The van der Waals surface area contributed by atoms with E-state index in [4.69, 9.17) is 17.3 Å². The molecule has 0 aromatic heterocycles. The fourth-order valence-electron chi connectivity index (χ4n) is 2.16. The van der Waals surface area contributed by atoms with Gasteiger partial charge in [0.25, 0.3) is 0 Å². The van der Waals surface area contributed by atoms with Crippen molar-refractivity contribution < 1.29 is 0 Å². The first-order chi connectivity index (χ1) is 8.61. The summed E-state index contributed by atoms with van der Waals surface area (Å²) in [5.74, 6) is 0.745. The largest absolute Gasteiger partial charge is 0.330 e. The molecule has 0 saturated heterocycles. The van der Waals surface area contributed by atoms with Crippen LogP contribution < -0.4 is 5.73 Å². The number of hydrogen-bond donors (Lipinski definition) is 1. The van der Waals surface area contributed by atoms with Gasteiger partial charge in [-0.2, -0.15) is 0 Å². The van der Waals surface area contributed by atoms with E-state index in [1.165, 1.54) is 18.4 Å². The smallest absolute Gasteiger partial charge is 0.0409 e. The highest BCUT2D eigenvalue weighted by Crippen LogP contribution is 2.13. The van der Waals surface area contributed by atoms with E-state index in [2.05, 4.69) is 24.9 Å². The molecule has 0 aliphatic heterocycles. The van der Waals surface area contributed by atoms with Crippen LogP contribution in [0.25, 0.3) is 0 Å². The van der Waals surface area contributed by atoms with Crippen molar-refractivity contribution in [2.45, 2.75) is 32.7 Å². The molecule has 0 aliphatic rings. The summed E-state index contributed by atoms with van der Waals surface area (Å²) in [4.78, 5) is 2.35. The number of halogens is 1. The van der Waals surface area contributed by atoms with Crippen molar-refractivity contribution in [3.63, 3.8) is 0 Å². The number of nitrogens with two attached hydrogens (primary N) is 1. The molecule has 0 heterocycles. The zero-order valence-corrected chi connectivity index (χ0v) is 12.3. The highest BCUT2D eigenvalue weighted by atomic mass is 35.5.